The molecule has 6 nitrogen and oxygen atoms in total. The lowest BCUT2D eigenvalue weighted by atomic mass is 10.1. The molecule has 3 aromatic rings. The minimum Gasteiger partial charge on any atom is -0.497 e. The number of carbonyl (C=O) groups excluding carboxylic acids is 1. The molecule has 2 aromatic carbocycles. The number of nitrogens with one attached hydrogen (secondary N) is 1. The van der Waals surface area contributed by atoms with Crippen LogP contribution in [0.15, 0.2) is 48.5 Å². The van der Waals surface area contributed by atoms with E-state index in [4.69, 9.17) is 14.6 Å². The molecule has 0 bridgehead atoms. The molecule has 0 spiro atoms. The predicted octanol–water partition coefficient (Wildman–Crippen LogP) is 3.93. The highest BCUT2D eigenvalue weighted by Gasteiger charge is 2.18. The summed E-state index contributed by atoms with van der Waals surface area (Å²) in [6.07, 6.45) is 0.755. The van der Waals surface area contributed by atoms with Crippen LogP contribution >= 0.6 is 0 Å². The largest absolute Gasteiger partial charge is 0.497 e. The molecular weight excluding hydrogens is 366 g/mol. The summed E-state index contributed by atoms with van der Waals surface area (Å²) < 4.78 is 12.0. The molecule has 1 N–H and O–H groups in total. The molecule has 152 valence electrons. The number of benzene rings is 2. The van der Waals surface area contributed by atoms with E-state index in [1.807, 2.05) is 56.3 Å². The van der Waals surface area contributed by atoms with Gasteiger partial charge in [0.25, 0.3) is 5.91 Å². The Balaban J connectivity index is 2.00. The summed E-state index contributed by atoms with van der Waals surface area (Å²) in [7, 11) is 3.29. The van der Waals surface area contributed by atoms with E-state index >= 15 is 0 Å². The third-order valence-electron chi connectivity index (χ3n) is 4.73. The standard InChI is InChI=1S/C23H27N3O3/c1-16-6-7-17(2)21(14-16)26-22(23(27)24-12-5-13-28-3)15-20(25-26)18-8-10-19(29-4)11-9-18/h6-11,14-15H,5,12-13H2,1-4H3,(H,24,27). The fourth-order valence-corrected chi connectivity index (χ4v) is 3.09. The first-order valence-electron chi connectivity index (χ1n) is 9.62. The number of aryl methyl sites for hydroxylation is 2. The maximum atomic E-state index is 12.9. The van der Waals surface area contributed by atoms with E-state index in [1.54, 1.807) is 18.9 Å². The van der Waals surface area contributed by atoms with Crippen molar-refractivity contribution in [2.45, 2.75) is 20.3 Å². The summed E-state index contributed by atoms with van der Waals surface area (Å²) in [4.78, 5) is 12.9. The van der Waals surface area contributed by atoms with Gasteiger partial charge >= 0.3 is 0 Å². The van der Waals surface area contributed by atoms with Crippen molar-refractivity contribution in [1.82, 2.24) is 15.1 Å². The maximum absolute atomic E-state index is 12.9. The molecule has 0 fully saturated rings. The zero-order valence-corrected chi connectivity index (χ0v) is 17.4. The summed E-state index contributed by atoms with van der Waals surface area (Å²) in [6, 6.07) is 15.6. The summed E-state index contributed by atoms with van der Waals surface area (Å²) in [5.41, 5.74) is 5.21. The lowest BCUT2D eigenvalue weighted by molar-refractivity contribution is 0.0941. The first-order chi connectivity index (χ1) is 14.0. The van der Waals surface area contributed by atoms with Crippen LogP contribution in [0.2, 0.25) is 0 Å². The lowest BCUT2D eigenvalue weighted by Gasteiger charge is -2.11. The van der Waals surface area contributed by atoms with Crippen LogP contribution in [0.3, 0.4) is 0 Å². The van der Waals surface area contributed by atoms with Crippen LogP contribution < -0.4 is 10.1 Å². The normalized spacial score (nSPS) is 10.8. The molecule has 0 aliphatic heterocycles. The maximum Gasteiger partial charge on any atom is 0.270 e. The number of rotatable bonds is 8. The number of methoxy groups -OCH3 is 2. The molecule has 0 aliphatic rings. The lowest BCUT2D eigenvalue weighted by Crippen LogP contribution is -2.27. The van der Waals surface area contributed by atoms with Gasteiger partial charge in [-0.3, -0.25) is 4.79 Å². The fraction of sp³-hybridized carbons (Fsp3) is 0.304. The van der Waals surface area contributed by atoms with Crippen molar-refractivity contribution in [2.24, 2.45) is 0 Å². The third-order valence-corrected chi connectivity index (χ3v) is 4.73. The Labute approximate surface area is 171 Å². The summed E-state index contributed by atoms with van der Waals surface area (Å²) in [5, 5.41) is 7.73. The van der Waals surface area contributed by atoms with Crippen LogP contribution in [0.1, 0.15) is 28.0 Å². The molecule has 1 aromatic heterocycles. The Morgan fingerprint density at radius 3 is 2.52 bits per heavy atom. The summed E-state index contributed by atoms with van der Waals surface area (Å²) >= 11 is 0. The second-order valence-electron chi connectivity index (χ2n) is 6.95. The van der Waals surface area contributed by atoms with Gasteiger partial charge in [0.2, 0.25) is 0 Å². The van der Waals surface area contributed by atoms with Gasteiger partial charge in [-0.2, -0.15) is 5.10 Å². The molecular formula is C23H27N3O3. The highest BCUT2D eigenvalue weighted by molar-refractivity contribution is 5.94. The molecule has 1 amide bonds. The number of aromatic nitrogens is 2. The minimum absolute atomic E-state index is 0.158. The zero-order chi connectivity index (χ0) is 20.8. The van der Waals surface area contributed by atoms with Crippen LogP contribution in [0.25, 0.3) is 16.9 Å². The number of amides is 1. The van der Waals surface area contributed by atoms with Crippen molar-refractivity contribution in [3.8, 4) is 22.7 Å². The van der Waals surface area contributed by atoms with E-state index in [-0.39, 0.29) is 5.91 Å². The smallest absolute Gasteiger partial charge is 0.270 e. The van der Waals surface area contributed by atoms with Crippen molar-refractivity contribution >= 4 is 5.91 Å². The quantitative estimate of drug-likeness (QED) is 0.589. The molecule has 6 heteroatoms. The van der Waals surface area contributed by atoms with Crippen LogP contribution in [0.4, 0.5) is 0 Å². The molecule has 0 saturated carbocycles. The van der Waals surface area contributed by atoms with Crippen molar-refractivity contribution < 1.29 is 14.3 Å². The highest BCUT2D eigenvalue weighted by Crippen LogP contribution is 2.25. The molecule has 0 saturated heterocycles. The molecule has 0 atom stereocenters. The van der Waals surface area contributed by atoms with Crippen LogP contribution in [-0.2, 0) is 4.74 Å². The summed E-state index contributed by atoms with van der Waals surface area (Å²) in [6.45, 7) is 5.20. The average Bonchev–Trinajstić information content (AvgIpc) is 3.18. The van der Waals surface area contributed by atoms with Crippen molar-refractivity contribution in [3.05, 3.63) is 65.4 Å². The van der Waals surface area contributed by atoms with E-state index in [9.17, 15) is 4.79 Å². The zero-order valence-electron chi connectivity index (χ0n) is 17.4. The Morgan fingerprint density at radius 1 is 1.07 bits per heavy atom. The molecule has 3 rings (SSSR count). The Morgan fingerprint density at radius 2 is 1.83 bits per heavy atom. The first-order valence-corrected chi connectivity index (χ1v) is 9.62. The average molecular weight is 393 g/mol. The summed E-state index contributed by atoms with van der Waals surface area (Å²) in [5.74, 6) is 0.619. The highest BCUT2D eigenvalue weighted by atomic mass is 16.5. The van der Waals surface area contributed by atoms with Gasteiger partial charge in [0.05, 0.1) is 18.5 Å². The van der Waals surface area contributed by atoms with E-state index in [0.717, 1.165) is 40.2 Å². The topological polar surface area (TPSA) is 65.4 Å². The second-order valence-corrected chi connectivity index (χ2v) is 6.95. The van der Waals surface area contributed by atoms with Gasteiger partial charge < -0.3 is 14.8 Å². The number of hydrogen-bond donors (Lipinski definition) is 1. The third kappa shape index (κ3) is 4.84. The van der Waals surface area contributed by atoms with Crippen molar-refractivity contribution in [2.75, 3.05) is 27.4 Å². The van der Waals surface area contributed by atoms with Crippen molar-refractivity contribution in [3.63, 3.8) is 0 Å². The number of hydrogen-bond acceptors (Lipinski definition) is 4. The molecule has 0 radical (unpaired) electrons. The van der Waals surface area contributed by atoms with Crippen LogP contribution in [0, 0.1) is 13.8 Å². The van der Waals surface area contributed by atoms with E-state index in [1.165, 1.54) is 0 Å². The number of nitrogens with zero attached hydrogens (tertiary/aromatic N) is 2. The van der Waals surface area contributed by atoms with Gasteiger partial charge in [-0.1, -0.05) is 12.1 Å². The minimum atomic E-state index is -0.158. The fourth-order valence-electron chi connectivity index (χ4n) is 3.09. The van der Waals surface area contributed by atoms with Crippen molar-refractivity contribution in [1.29, 1.82) is 0 Å². The molecule has 0 unspecified atom stereocenters. The van der Waals surface area contributed by atoms with Gasteiger partial charge in [-0.15, -0.1) is 0 Å². The first kappa shape index (κ1) is 20.6. The molecule has 0 aliphatic carbocycles. The molecule has 29 heavy (non-hydrogen) atoms. The molecule has 1 heterocycles. The monoisotopic (exact) mass is 393 g/mol. The van der Waals surface area contributed by atoms with E-state index in [0.29, 0.717) is 18.8 Å². The van der Waals surface area contributed by atoms with Gasteiger partial charge in [0.1, 0.15) is 11.4 Å². The predicted molar refractivity (Wildman–Crippen MR) is 114 cm³/mol. The Kier molecular flexibility index (Phi) is 6.67. The number of ether oxygens (including phenoxy) is 2. The van der Waals surface area contributed by atoms with E-state index < -0.39 is 0 Å². The van der Waals surface area contributed by atoms with Gasteiger partial charge in [0, 0.05) is 25.8 Å². The van der Waals surface area contributed by atoms with Gasteiger partial charge in [-0.25, -0.2) is 4.68 Å². The van der Waals surface area contributed by atoms with Crippen LogP contribution in [0.5, 0.6) is 5.75 Å². The SMILES string of the molecule is COCCCNC(=O)c1cc(-c2ccc(OC)cc2)nn1-c1cc(C)ccc1C. The number of carbonyl (C=O) groups is 1. The van der Waals surface area contributed by atoms with E-state index in [2.05, 4.69) is 11.4 Å². The second kappa shape index (κ2) is 9.39. The van der Waals surface area contributed by atoms with Crippen LogP contribution in [-0.4, -0.2) is 43.1 Å². The van der Waals surface area contributed by atoms with Gasteiger partial charge in [-0.05, 0) is 67.8 Å². The van der Waals surface area contributed by atoms with Gasteiger partial charge in [0.15, 0.2) is 0 Å². The Hall–Kier alpha value is -3.12. The Bertz CT molecular complexity index is 978.